The first-order chi connectivity index (χ1) is 10.3. The summed E-state index contributed by atoms with van der Waals surface area (Å²) in [5, 5.41) is 0. The van der Waals surface area contributed by atoms with Gasteiger partial charge in [0.15, 0.2) is 0 Å². The Bertz CT molecular complexity index is 531. The highest BCUT2D eigenvalue weighted by Gasteiger charge is 2.18. The van der Waals surface area contributed by atoms with E-state index in [1.165, 1.54) is 29.0 Å². The number of ether oxygens (including phenoxy) is 1. The fraction of sp³-hybridized carbons (Fsp3) is 0.562. The van der Waals surface area contributed by atoms with E-state index in [1.54, 1.807) is 0 Å². The van der Waals surface area contributed by atoms with Crippen molar-refractivity contribution in [2.75, 3.05) is 20.2 Å². The molecule has 3 heterocycles. The van der Waals surface area contributed by atoms with E-state index in [4.69, 9.17) is 4.74 Å². The lowest BCUT2D eigenvalue weighted by atomic mass is 10.1. The number of nitrogens with zero attached hydrogens (tertiary/aromatic N) is 3. The molecule has 0 bridgehead atoms. The normalized spacial score (nSPS) is 19.2. The zero-order valence-corrected chi connectivity index (χ0v) is 13.4. The zero-order chi connectivity index (χ0) is 14.5. The molecule has 1 atom stereocenters. The van der Waals surface area contributed by atoms with Crippen molar-refractivity contribution in [3.63, 3.8) is 0 Å². The van der Waals surface area contributed by atoms with Crippen molar-refractivity contribution in [3.05, 3.63) is 40.6 Å². The second-order valence-corrected chi connectivity index (χ2v) is 6.90. The lowest BCUT2D eigenvalue weighted by molar-refractivity contribution is 0.0172. The van der Waals surface area contributed by atoms with E-state index < -0.39 is 0 Å². The van der Waals surface area contributed by atoms with Gasteiger partial charge >= 0.3 is 0 Å². The lowest BCUT2D eigenvalue weighted by Crippen LogP contribution is -2.22. The minimum absolute atomic E-state index is 0.341. The molecule has 114 valence electrons. The molecule has 1 aliphatic rings. The van der Waals surface area contributed by atoms with Crippen LogP contribution in [0.3, 0.4) is 0 Å². The van der Waals surface area contributed by atoms with Gasteiger partial charge in [-0.05, 0) is 38.4 Å². The van der Waals surface area contributed by atoms with Gasteiger partial charge in [-0.25, -0.2) is 4.98 Å². The maximum atomic E-state index is 5.87. The first kappa shape index (κ1) is 14.8. The minimum atomic E-state index is 0.341. The molecule has 0 radical (unpaired) electrons. The van der Waals surface area contributed by atoms with E-state index in [1.807, 2.05) is 30.1 Å². The predicted molar refractivity (Wildman–Crippen MR) is 85.4 cm³/mol. The van der Waals surface area contributed by atoms with Crippen LogP contribution in [0.15, 0.2) is 30.9 Å². The summed E-state index contributed by atoms with van der Waals surface area (Å²) in [4.78, 5) is 9.25. The fourth-order valence-corrected chi connectivity index (χ4v) is 3.85. The standard InChI is InChI=1S/C16H23N3OS/c1-18(9-10-19-8-7-17-13-19)12-14-5-6-16(21-14)15-4-2-3-11-20-15/h5-8,13,15H,2-4,9-12H2,1H3/t15-/m0/s1. The molecule has 0 spiro atoms. The van der Waals surface area contributed by atoms with Crippen LogP contribution in [0.1, 0.15) is 35.1 Å². The van der Waals surface area contributed by atoms with Crippen LogP contribution in [-0.4, -0.2) is 34.7 Å². The minimum Gasteiger partial charge on any atom is -0.373 e. The van der Waals surface area contributed by atoms with E-state index in [0.29, 0.717) is 6.10 Å². The third kappa shape index (κ3) is 4.15. The third-order valence-electron chi connectivity index (χ3n) is 3.90. The van der Waals surface area contributed by atoms with Crippen LogP contribution in [-0.2, 0) is 17.8 Å². The van der Waals surface area contributed by atoms with Crippen LogP contribution in [0, 0.1) is 0 Å². The molecule has 2 aromatic heterocycles. The molecule has 5 heteroatoms. The van der Waals surface area contributed by atoms with E-state index in [2.05, 4.69) is 33.6 Å². The molecule has 0 unspecified atom stereocenters. The molecule has 0 aromatic carbocycles. The predicted octanol–water partition coefficient (Wildman–Crippen LogP) is 3.32. The second-order valence-electron chi connectivity index (χ2n) is 5.70. The Morgan fingerprint density at radius 1 is 1.43 bits per heavy atom. The maximum Gasteiger partial charge on any atom is 0.0946 e. The van der Waals surface area contributed by atoms with Gasteiger partial charge in [0.2, 0.25) is 0 Å². The molecule has 0 aliphatic carbocycles. The van der Waals surface area contributed by atoms with E-state index in [0.717, 1.165) is 26.2 Å². The molecule has 3 rings (SSSR count). The molecule has 4 nitrogen and oxygen atoms in total. The first-order valence-corrected chi connectivity index (χ1v) is 8.47. The summed E-state index contributed by atoms with van der Waals surface area (Å²) in [5.74, 6) is 0. The molecular weight excluding hydrogens is 282 g/mol. The second kappa shape index (κ2) is 7.20. The summed E-state index contributed by atoms with van der Waals surface area (Å²) in [6.07, 6.45) is 9.74. The Kier molecular flexibility index (Phi) is 5.06. The molecule has 21 heavy (non-hydrogen) atoms. The van der Waals surface area contributed by atoms with Crippen molar-refractivity contribution >= 4 is 11.3 Å². The summed E-state index contributed by atoms with van der Waals surface area (Å²) in [5.41, 5.74) is 0. The van der Waals surface area contributed by atoms with Gasteiger partial charge in [-0.3, -0.25) is 4.90 Å². The molecule has 0 saturated carbocycles. The van der Waals surface area contributed by atoms with Crippen LogP contribution in [0.4, 0.5) is 0 Å². The number of thiophene rings is 1. The number of rotatable bonds is 6. The van der Waals surface area contributed by atoms with Crippen LogP contribution < -0.4 is 0 Å². The van der Waals surface area contributed by atoms with Crippen LogP contribution in [0.5, 0.6) is 0 Å². The number of hydrogen-bond acceptors (Lipinski definition) is 4. The highest BCUT2D eigenvalue weighted by molar-refractivity contribution is 7.12. The largest absolute Gasteiger partial charge is 0.373 e. The van der Waals surface area contributed by atoms with Crippen molar-refractivity contribution in [1.29, 1.82) is 0 Å². The summed E-state index contributed by atoms with van der Waals surface area (Å²) >= 11 is 1.91. The summed E-state index contributed by atoms with van der Waals surface area (Å²) in [6.45, 7) is 3.94. The van der Waals surface area contributed by atoms with Gasteiger partial charge in [-0.2, -0.15) is 0 Å². The summed E-state index contributed by atoms with van der Waals surface area (Å²) < 4.78 is 7.98. The Hall–Kier alpha value is -1.17. The van der Waals surface area contributed by atoms with Crippen molar-refractivity contribution in [3.8, 4) is 0 Å². The van der Waals surface area contributed by atoms with Gasteiger partial charge in [0.25, 0.3) is 0 Å². The number of imidazole rings is 1. The number of likely N-dealkylation sites (N-methyl/N-ethyl adjacent to an activating group) is 1. The average molecular weight is 305 g/mol. The van der Waals surface area contributed by atoms with Crippen LogP contribution in [0.2, 0.25) is 0 Å². The Labute approximate surface area is 130 Å². The highest BCUT2D eigenvalue weighted by Crippen LogP contribution is 2.32. The molecular formula is C16H23N3OS. The average Bonchev–Trinajstić information content (AvgIpc) is 3.17. The molecule has 1 aliphatic heterocycles. The summed E-state index contributed by atoms with van der Waals surface area (Å²) in [7, 11) is 2.17. The lowest BCUT2D eigenvalue weighted by Gasteiger charge is -2.21. The smallest absolute Gasteiger partial charge is 0.0946 e. The van der Waals surface area contributed by atoms with E-state index >= 15 is 0 Å². The molecule has 0 N–H and O–H groups in total. The molecule has 2 aromatic rings. The summed E-state index contributed by atoms with van der Waals surface area (Å²) in [6, 6.07) is 4.51. The van der Waals surface area contributed by atoms with Crippen molar-refractivity contribution < 1.29 is 4.74 Å². The van der Waals surface area contributed by atoms with Gasteiger partial charge in [-0.15, -0.1) is 11.3 Å². The molecule has 1 saturated heterocycles. The van der Waals surface area contributed by atoms with Crippen molar-refractivity contribution in [2.24, 2.45) is 0 Å². The van der Waals surface area contributed by atoms with Gasteiger partial charge in [-0.1, -0.05) is 0 Å². The highest BCUT2D eigenvalue weighted by atomic mass is 32.1. The number of aromatic nitrogens is 2. The maximum absolute atomic E-state index is 5.87. The third-order valence-corrected chi connectivity index (χ3v) is 5.07. The van der Waals surface area contributed by atoms with Gasteiger partial charge in [0.1, 0.15) is 0 Å². The van der Waals surface area contributed by atoms with Crippen LogP contribution >= 0.6 is 11.3 Å². The fourth-order valence-electron chi connectivity index (χ4n) is 2.67. The first-order valence-electron chi connectivity index (χ1n) is 7.66. The quantitative estimate of drug-likeness (QED) is 0.820. The van der Waals surface area contributed by atoms with Gasteiger partial charge in [0.05, 0.1) is 12.4 Å². The molecule has 1 fully saturated rings. The van der Waals surface area contributed by atoms with Gasteiger partial charge in [0, 0.05) is 48.4 Å². The Morgan fingerprint density at radius 3 is 3.14 bits per heavy atom. The zero-order valence-electron chi connectivity index (χ0n) is 12.6. The Balaban J connectivity index is 1.49. The van der Waals surface area contributed by atoms with Crippen molar-refractivity contribution in [1.82, 2.24) is 14.5 Å². The number of hydrogen-bond donors (Lipinski definition) is 0. The Morgan fingerprint density at radius 2 is 2.38 bits per heavy atom. The van der Waals surface area contributed by atoms with Crippen LogP contribution in [0.25, 0.3) is 0 Å². The topological polar surface area (TPSA) is 30.3 Å². The van der Waals surface area contributed by atoms with E-state index in [9.17, 15) is 0 Å². The SMILES string of the molecule is CN(CCn1ccnc1)Cc1ccc([C@@H]2CCCCO2)s1. The molecule has 0 amide bonds. The van der Waals surface area contributed by atoms with E-state index in [-0.39, 0.29) is 0 Å². The monoisotopic (exact) mass is 305 g/mol. The van der Waals surface area contributed by atoms with Crippen molar-refractivity contribution in [2.45, 2.75) is 38.5 Å². The van der Waals surface area contributed by atoms with Gasteiger partial charge < -0.3 is 9.30 Å².